The van der Waals surface area contributed by atoms with E-state index in [2.05, 4.69) is 4.98 Å². The minimum atomic E-state index is -0.966. The molecule has 1 saturated heterocycles. The Hall–Kier alpha value is -2.22. The van der Waals surface area contributed by atoms with Gasteiger partial charge in [-0.15, -0.1) is 0 Å². The molecule has 1 aliphatic heterocycles. The minimum Gasteiger partial charge on any atom is -0.394 e. The number of hydrogen-bond acceptors (Lipinski definition) is 5. The lowest BCUT2D eigenvalue weighted by atomic mass is 9.91. The van der Waals surface area contributed by atoms with Crippen LogP contribution in [0.4, 0.5) is 0 Å². The van der Waals surface area contributed by atoms with Crippen molar-refractivity contribution < 1.29 is 14.9 Å². The summed E-state index contributed by atoms with van der Waals surface area (Å²) in [6.45, 7) is 1.22. The van der Waals surface area contributed by atoms with E-state index in [0.29, 0.717) is 5.56 Å². The lowest BCUT2D eigenvalue weighted by Gasteiger charge is -2.22. The number of hydrogen-bond donors (Lipinski definition) is 3. The van der Waals surface area contributed by atoms with Crippen LogP contribution in [0.5, 0.6) is 0 Å². The van der Waals surface area contributed by atoms with Crippen molar-refractivity contribution in [3.63, 3.8) is 0 Å². The van der Waals surface area contributed by atoms with E-state index < -0.39 is 35.6 Å². The number of aromatic nitrogens is 2. The SMILES string of the molecule is Cc1cn([C@@H]2O[C@H](CO)[C@@H](O)[C@H]2c2ccccc2)c(=O)[nH]c1=O. The molecule has 0 bridgehead atoms. The normalized spacial score (nSPS) is 27.3. The van der Waals surface area contributed by atoms with Crippen LogP contribution in [0.25, 0.3) is 0 Å². The molecule has 1 aromatic heterocycles. The van der Waals surface area contributed by atoms with Crippen molar-refractivity contribution in [1.82, 2.24) is 9.55 Å². The number of aryl methyl sites for hydroxylation is 1. The molecule has 7 heteroatoms. The zero-order valence-electron chi connectivity index (χ0n) is 12.5. The Kier molecular flexibility index (Phi) is 4.16. The van der Waals surface area contributed by atoms with Crippen LogP contribution in [0.3, 0.4) is 0 Å². The second-order valence-electron chi connectivity index (χ2n) is 5.65. The Morgan fingerprint density at radius 2 is 1.96 bits per heavy atom. The van der Waals surface area contributed by atoms with Gasteiger partial charge in [-0.1, -0.05) is 30.3 Å². The van der Waals surface area contributed by atoms with Gasteiger partial charge in [0.15, 0.2) is 0 Å². The number of aliphatic hydroxyl groups is 2. The number of ether oxygens (including phenoxy) is 1. The molecule has 3 rings (SSSR count). The molecule has 122 valence electrons. The molecule has 0 amide bonds. The summed E-state index contributed by atoms with van der Waals surface area (Å²) in [5, 5.41) is 19.9. The van der Waals surface area contributed by atoms with E-state index >= 15 is 0 Å². The second-order valence-corrected chi connectivity index (χ2v) is 5.65. The van der Waals surface area contributed by atoms with Crippen molar-refractivity contribution in [1.29, 1.82) is 0 Å². The quantitative estimate of drug-likeness (QED) is 0.732. The lowest BCUT2D eigenvalue weighted by molar-refractivity contribution is -0.0466. The summed E-state index contributed by atoms with van der Waals surface area (Å²) in [6, 6.07) is 9.15. The molecule has 2 aromatic rings. The van der Waals surface area contributed by atoms with Crippen LogP contribution in [0.2, 0.25) is 0 Å². The molecule has 23 heavy (non-hydrogen) atoms. The second kappa shape index (κ2) is 6.11. The van der Waals surface area contributed by atoms with Gasteiger partial charge in [0.05, 0.1) is 18.6 Å². The maximum atomic E-state index is 12.1. The summed E-state index contributed by atoms with van der Waals surface area (Å²) in [5.74, 6) is -0.531. The Bertz CT molecular complexity index is 798. The number of aromatic amines is 1. The fourth-order valence-corrected chi connectivity index (χ4v) is 2.95. The number of nitrogens with one attached hydrogen (secondary N) is 1. The summed E-state index contributed by atoms with van der Waals surface area (Å²) in [4.78, 5) is 25.9. The van der Waals surface area contributed by atoms with Gasteiger partial charge in [-0.3, -0.25) is 14.3 Å². The van der Waals surface area contributed by atoms with Gasteiger partial charge in [-0.2, -0.15) is 0 Å². The number of benzene rings is 1. The number of H-pyrrole nitrogens is 1. The summed E-state index contributed by atoms with van der Waals surface area (Å²) in [6.07, 6.45) is -1.17. The van der Waals surface area contributed by atoms with Crippen molar-refractivity contribution in [3.8, 4) is 0 Å². The fourth-order valence-electron chi connectivity index (χ4n) is 2.95. The highest BCUT2D eigenvalue weighted by Crippen LogP contribution is 2.41. The van der Waals surface area contributed by atoms with Gasteiger partial charge in [0.1, 0.15) is 12.3 Å². The van der Waals surface area contributed by atoms with E-state index in [-0.39, 0.29) is 6.61 Å². The molecule has 7 nitrogen and oxygen atoms in total. The van der Waals surface area contributed by atoms with Crippen molar-refractivity contribution >= 4 is 0 Å². The topological polar surface area (TPSA) is 105 Å². The number of rotatable bonds is 3. The van der Waals surface area contributed by atoms with Crippen molar-refractivity contribution in [3.05, 3.63) is 68.5 Å². The Balaban J connectivity index is 2.11. The van der Waals surface area contributed by atoms with Gasteiger partial charge >= 0.3 is 5.69 Å². The third-order valence-corrected chi connectivity index (χ3v) is 4.15. The van der Waals surface area contributed by atoms with E-state index in [1.807, 2.05) is 30.3 Å². The standard InChI is InChI=1S/C16H18N2O5/c1-9-7-18(16(22)17-14(9)21)15-12(10-5-3-2-4-6-10)13(20)11(8-19)23-15/h2-7,11-13,15,19-20H,8H2,1H3,(H,17,21,22)/t11-,12-,13-,15-/m1/s1. The Labute approximate surface area is 131 Å². The van der Waals surface area contributed by atoms with Crippen LogP contribution in [-0.4, -0.2) is 38.6 Å². The van der Waals surface area contributed by atoms with Crippen LogP contribution in [0.1, 0.15) is 23.3 Å². The average Bonchev–Trinajstić information content (AvgIpc) is 2.88. The fraction of sp³-hybridized carbons (Fsp3) is 0.375. The third-order valence-electron chi connectivity index (χ3n) is 4.15. The molecule has 0 spiro atoms. The third kappa shape index (κ3) is 2.74. The van der Waals surface area contributed by atoms with E-state index in [0.717, 1.165) is 5.56 Å². The molecular weight excluding hydrogens is 300 g/mol. The van der Waals surface area contributed by atoms with Gasteiger partial charge in [-0.05, 0) is 12.5 Å². The summed E-state index contributed by atoms with van der Waals surface area (Å²) >= 11 is 0. The van der Waals surface area contributed by atoms with Gasteiger partial charge in [0.2, 0.25) is 0 Å². The van der Waals surface area contributed by atoms with Crippen molar-refractivity contribution in [2.45, 2.75) is 31.3 Å². The van der Waals surface area contributed by atoms with Crippen LogP contribution >= 0.6 is 0 Å². The van der Waals surface area contributed by atoms with E-state index in [9.17, 15) is 19.8 Å². The molecule has 2 heterocycles. The van der Waals surface area contributed by atoms with Crippen LogP contribution in [0, 0.1) is 6.92 Å². The molecule has 1 aliphatic rings. The monoisotopic (exact) mass is 318 g/mol. The van der Waals surface area contributed by atoms with Crippen LogP contribution in [0.15, 0.2) is 46.1 Å². The maximum Gasteiger partial charge on any atom is 0.330 e. The lowest BCUT2D eigenvalue weighted by Crippen LogP contribution is -2.35. The molecular formula is C16H18N2O5. The van der Waals surface area contributed by atoms with Gasteiger partial charge in [-0.25, -0.2) is 4.79 Å². The molecule has 0 radical (unpaired) electrons. The molecule has 0 aliphatic carbocycles. The molecule has 1 fully saturated rings. The molecule has 3 N–H and O–H groups in total. The first-order valence-corrected chi connectivity index (χ1v) is 7.34. The summed E-state index contributed by atoms with van der Waals surface area (Å²) in [7, 11) is 0. The summed E-state index contributed by atoms with van der Waals surface area (Å²) in [5.41, 5.74) is 0.0794. The van der Waals surface area contributed by atoms with Crippen LogP contribution < -0.4 is 11.2 Å². The van der Waals surface area contributed by atoms with E-state index in [1.54, 1.807) is 6.92 Å². The van der Waals surface area contributed by atoms with Crippen molar-refractivity contribution in [2.75, 3.05) is 6.61 Å². The first-order valence-electron chi connectivity index (χ1n) is 7.34. The van der Waals surface area contributed by atoms with E-state index in [4.69, 9.17) is 4.74 Å². The van der Waals surface area contributed by atoms with Gasteiger partial charge in [0, 0.05) is 11.8 Å². The highest BCUT2D eigenvalue weighted by Gasteiger charge is 2.45. The average molecular weight is 318 g/mol. The van der Waals surface area contributed by atoms with Gasteiger partial charge < -0.3 is 14.9 Å². The highest BCUT2D eigenvalue weighted by molar-refractivity contribution is 5.24. The van der Waals surface area contributed by atoms with E-state index in [1.165, 1.54) is 10.8 Å². The zero-order chi connectivity index (χ0) is 16.6. The maximum absolute atomic E-state index is 12.1. The Morgan fingerprint density at radius 3 is 2.61 bits per heavy atom. The number of nitrogens with zero attached hydrogens (tertiary/aromatic N) is 1. The predicted octanol–water partition coefficient (Wildman–Crippen LogP) is -0.121. The minimum absolute atomic E-state index is 0.363. The molecule has 0 unspecified atom stereocenters. The predicted molar refractivity (Wildman–Crippen MR) is 82.2 cm³/mol. The summed E-state index contributed by atoms with van der Waals surface area (Å²) < 4.78 is 6.95. The molecule has 4 atom stereocenters. The van der Waals surface area contributed by atoms with Crippen molar-refractivity contribution in [2.24, 2.45) is 0 Å². The first kappa shape index (κ1) is 15.7. The first-order chi connectivity index (χ1) is 11.0. The molecule has 0 saturated carbocycles. The zero-order valence-corrected chi connectivity index (χ0v) is 12.5. The number of aliphatic hydroxyl groups excluding tert-OH is 2. The molecule has 1 aromatic carbocycles. The Morgan fingerprint density at radius 1 is 1.26 bits per heavy atom. The van der Waals surface area contributed by atoms with Gasteiger partial charge in [0.25, 0.3) is 5.56 Å². The smallest absolute Gasteiger partial charge is 0.330 e. The van der Waals surface area contributed by atoms with Crippen LogP contribution in [-0.2, 0) is 4.74 Å². The largest absolute Gasteiger partial charge is 0.394 e. The highest BCUT2D eigenvalue weighted by atomic mass is 16.5.